The van der Waals surface area contributed by atoms with E-state index in [9.17, 15) is 4.79 Å². The zero-order valence-electron chi connectivity index (χ0n) is 7.80. The van der Waals surface area contributed by atoms with Gasteiger partial charge in [0.1, 0.15) is 17.8 Å². The number of aromatic carboxylic acids is 1. The smallest absolute Gasteiger partial charge is 0.354 e. The van der Waals surface area contributed by atoms with E-state index in [1.54, 1.807) is 6.92 Å². The number of nitrogens with one attached hydrogen (secondary N) is 1. The molecule has 76 valence electrons. The molecule has 0 aliphatic carbocycles. The van der Waals surface area contributed by atoms with Crippen molar-refractivity contribution in [2.24, 2.45) is 0 Å². The molecule has 0 aromatic carbocycles. The monoisotopic (exact) mass is 205 g/mol. The third kappa shape index (κ3) is 1.80. The summed E-state index contributed by atoms with van der Waals surface area (Å²) < 4.78 is 0. The molecule has 0 amide bonds. The Morgan fingerprint density at radius 1 is 1.47 bits per heavy atom. The van der Waals surface area contributed by atoms with Gasteiger partial charge in [-0.25, -0.2) is 19.7 Å². The lowest BCUT2D eigenvalue weighted by Crippen LogP contribution is -2.01. The van der Waals surface area contributed by atoms with Crippen molar-refractivity contribution in [2.75, 3.05) is 0 Å². The van der Waals surface area contributed by atoms with Gasteiger partial charge in [-0.3, -0.25) is 5.10 Å². The Labute approximate surface area is 84.2 Å². The second-order valence-corrected chi connectivity index (χ2v) is 2.84. The molecule has 2 N–H and O–H groups in total. The first-order valence-corrected chi connectivity index (χ1v) is 4.11. The molecule has 0 bridgehead atoms. The Bertz CT molecular complexity index is 507. The van der Waals surface area contributed by atoms with Gasteiger partial charge in [-0.05, 0) is 6.92 Å². The van der Waals surface area contributed by atoms with Crippen molar-refractivity contribution in [3.05, 3.63) is 23.9 Å². The molecular weight excluding hydrogens is 198 g/mol. The lowest BCUT2D eigenvalue weighted by Gasteiger charge is -1.95. The average molecular weight is 205 g/mol. The van der Waals surface area contributed by atoms with Crippen LogP contribution in [0.15, 0.2) is 12.4 Å². The lowest BCUT2D eigenvalue weighted by molar-refractivity contribution is 0.0690. The van der Waals surface area contributed by atoms with Gasteiger partial charge in [-0.15, -0.1) is 0 Å². The first-order chi connectivity index (χ1) is 7.16. The summed E-state index contributed by atoms with van der Waals surface area (Å²) in [4.78, 5) is 22.2. The first kappa shape index (κ1) is 9.25. The Morgan fingerprint density at radius 2 is 2.27 bits per heavy atom. The van der Waals surface area contributed by atoms with Crippen molar-refractivity contribution in [3.8, 4) is 11.5 Å². The number of aromatic amines is 1. The highest BCUT2D eigenvalue weighted by Gasteiger charge is 2.10. The van der Waals surface area contributed by atoms with Crippen LogP contribution in [0, 0.1) is 6.92 Å². The lowest BCUT2D eigenvalue weighted by atomic mass is 10.3. The van der Waals surface area contributed by atoms with Crippen LogP contribution in [0.1, 0.15) is 16.3 Å². The molecule has 7 heteroatoms. The van der Waals surface area contributed by atoms with E-state index in [-0.39, 0.29) is 5.69 Å². The number of H-pyrrole nitrogens is 1. The Balaban J connectivity index is 2.45. The molecule has 0 radical (unpaired) electrons. The van der Waals surface area contributed by atoms with Crippen LogP contribution in [0.4, 0.5) is 0 Å². The molecule has 0 fully saturated rings. The fourth-order valence-electron chi connectivity index (χ4n) is 1.05. The minimum absolute atomic E-state index is 0.0811. The third-order valence-corrected chi connectivity index (χ3v) is 1.71. The van der Waals surface area contributed by atoms with E-state index in [0.29, 0.717) is 17.3 Å². The van der Waals surface area contributed by atoms with Gasteiger partial charge in [-0.1, -0.05) is 0 Å². The molecule has 0 saturated carbocycles. The zero-order valence-corrected chi connectivity index (χ0v) is 7.80. The highest BCUT2D eigenvalue weighted by molar-refractivity contribution is 5.86. The van der Waals surface area contributed by atoms with Crippen LogP contribution in [-0.2, 0) is 0 Å². The van der Waals surface area contributed by atoms with Crippen molar-refractivity contribution in [1.82, 2.24) is 25.1 Å². The summed E-state index contributed by atoms with van der Waals surface area (Å²) in [6.07, 6.45) is 1.17. The molecule has 2 aromatic rings. The molecular formula is C8H7N5O2. The molecule has 0 aliphatic rings. The minimum Gasteiger partial charge on any atom is -0.477 e. The molecule has 0 atom stereocenters. The summed E-state index contributed by atoms with van der Waals surface area (Å²) in [7, 11) is 0. The van der Waals surface area contributed by atoms with E-state index < -0.39 is 5.97 Å². The number of rotatable bonds is 2. The number of aromatic nitrogens is 5. The van der Waals surface area contributed by atoms with Crippen molar-refractivity contribution in [2.45, 2.75) is 6.92 Å². The molecule has 2 rings (SSSR count). The van der Waals surface area contributed by atoms with E-state index in [4.69, 9.17) is 5.11 Å². The van der Waals surface area contributed by atoms with Crippen molar-refractivity contribution in [1.29, 1.82) is 0 Å². The fourth-order valence-corrected chi connectivity index (χ4v) is 1.05. The Hall–Kier alpha value is -2.31. The minimum atomic E-state index is -1.11. The van der Waals surface area contributed by atoms with Crippen LogP contribution in [0.2, 0.25) is 0 Å². The van der Waals surface area contributed by atoms with Crippen molar-refractivity contribution >= 4 is 5.97 Å². The molecule has 0 aliphatic heterocycles. The number of hydrogen-bond acceptors (Lipinski definition) is 5. The highest BCUT2D eigenvalue weighted by Crippen LogP contribution is 2.11. The van der Waals surface area contributed by atoms with E-state index in [0.717, 1.165) is 0 Å². The molecule has 0 saturated heterocycles. The zero-order chi connectivity index (χ0) is 10.8. The predicted molar refractivity (Wildman–Crippen MR) is 49.1 cm³/mol. The third-order valence-electron chi connectivity index (χ3n) is 1.71. The van der Waals surface area contributed by atoms with E-state index in [1.165, 1.54) is 12.4 Å². The SMILES string of the molecule is Cc1nc(-c2cc(C(=O)O)ncn2)n[nH]1. The maximum absolute atomic E-state index is 10.7. The van der Waals surface area contributed by atoms with Crippen LogP contribution in [0.25, 0.3) is 11.5 Å². The quantitative estimate of drug-likeness (QED) is 0.728. The van der Waals surface area contributed by atoms with Gasteiger partial charge in [0.05, 0.1) is 0 Å². The van der Waals surface area contributed by atoms with Crippen LogP contribution < -0.4 is 0 Å². The summed E-state index contributed by atoms with van der Waals surface area (Å²) in [6, 6.07) is 1.32. The first-order valence-electron chi connectivity index (χ1n) is 4.11. The highest BCUT2D eigenvalue weighted by atomic mass is 16.4. The van der Waals surface area contributed by atoms with Crippen LogP contribution in [0.5, 0.6) is 0 Å². The normalized spacial score (nSPS) is 10.2. The summed E-state index contributed by atoms with van der Waals surface area (Å²) in [5.41, 5.74) is 0.300. The second-order valence-electron chi connectivity index (χ2n) is 2.84. The van der Waals surface area contributed by atoms with Gasteiger partial charge in [0, 0.05) is 6.07 Å². The summed E-state index contributed by atoms with van der Waals surface area (Å²) in [6.45, 7) is 1.75. The molecule has 0 spiro atoms. The number of hydrogen-bond donors (Lipinski definition) is 2. The molecule has 0 unspecified atom stereocenters. The maximum atomic E-state index is 10.7. The van der Waals surface area contributed by atoms with Gasteiger partial charge >= 0.3 is 5.97 Å². The van der Waals surface area contributed by atoms with Crippen LogP contribution >= 0.6 is 0 Å². The molecule has 2 heterocycles. The van der Waals surface area contributed by atoms with Gasteiger partial charge in [0.15, 0.2) is 11.5 Å². The van der Waals surface area contributed by atoms with Crippen LogP contribution in [0.3, 0.4) is 0 Å². The van der Waals surface area contributed by atoms with E-state index in [1.807, 2.05) is 0 Å². The number of carbonyl (C=O) groups is 1. The second kappa shape index (κ2) is 3.45. The number of carboxylic acid groups (broad SMARTS) is 1. The average Bonchev–Trinajstić information content (AvgIpc) is 2.65. The molecule has 7 nitrogen and oxygen atoms in total. The Morgan fingerprint density at radius 3 is 2.87 bits per heavy atom. The number of aryl methyl sites for hydroxylation is 1. The predicted octanol–water partition coefficient (Wildman–Crippen LogP) is 0.268. The summed E-state index contributed by atoms with van der Waals surface area (Å²) >= 11 is 0. The maximum Gasteiger partial charge on any atom is 0.354 e. The van der Waals surface area contributed by atoms with Gasteiger partial charge in [0.25, 0.3) is 0 Å². The largest absolute Gasteiger partial charge is 0.477 e. The molecule has 2 aromatic heterocycles. The van der Waals surface area contributed by atoms with E-state index in [2.05, 4.69) is 25.1 Å². The van der Waals surface area contributed by atoms with Gasteiger partial charge in [-0.2, -0.15) is 5.10 Å². The van der Waals surface area contributed by atoms with Gasteiger partial charge in [0.2, 0.25) is 0 Å². The molecule has 15 heavy (non-hydrogen) atoms. The Kier molecular flexibility index (Phi) is 2.13. The summed E-state index contributed by atoms with van der Waals surface area (Å²) in [5, 5.41) is 15.2. The fraction of sp³-hybridized carbons (Fsp3) is 0.125. The van der Waals surface area contributed by atoms with Crippen LogP contribution in [-0.4, -0.2) is 36.2 Å². The van der Waals surface area contributed by atoms with Crippen molar-refractivity contribution in [3.63, 3.8) is 0 Å². The standard InChI is InChI=1S/C8H7N5O2/c1-4-11-7(13-12-4)5-2-6(8(14)15)10-3-9-5/h2-3H,1H3,(H,14,15)(H,11,12,13). The number of carboxylic acids is 1. The van der Waals surface area contributed by atoms with Gasteiger partial charge < -0.3 is 5.11 Å². The van der Waals surface area contributed by atoms with Crippen molar-refractivity contribution < 1.29 is 9.90 Å². The van der Waals surface area contributed by atoms with E-state index >= 15 is 0 Å². The number of nitrogens with zero attached hydrogens (tertiary/aromatic N) is 4. The summed E-state index contributed by atoms with van der Waals surface area (Å²) in [5.74, 6) is -0.108. The topological polar surface area (TPSA) is 105 Å².